The molecule has 2 aromatic carbocycles. The molecule has 0 aliphatic carbocycles. The number of amides is 2. The van der Waals surface area contributed by atoms with E-state index in [1.807, 2.05) is 36.4 Å². The minimum absolute atomic E-state index is 0.156. The molecule has 1 aliphatic heterocycles. The van der Waals surface area contributed by atoms with Crippen LogP contribution < -0.4 is 5.32 Å². The minimum Gasteiger partial charge on any atom is -0.321 e. The van der Waals surface area contributed by atoms with Gasteiger partial charge in [-0.25, -0.2) is 4.99 Å². The topological polar surface area (TPSA) is 61.8 Å². The molecule has 0 fully saturated rings. The molecule has 0 unspecified atom stereocenters. The van der Waals surface area contributed by atoms with Crippen molar-refractivity contribution in [2.45, 2.75) is 6.92 Å². The van der Waals surface area contributed by atoms with Crippen molar-refractivity contribution in [3.8, 4) is 0 Å². The van der Waals surface area contributed by atoms with Gasteiger partial charge in [0.05, 0.1) is 0 Å². The Morgan fingerprint density at radius 1 is 1.08 bits per heavy atom. The van der Waals surface area contributed by atoms with E-state index in [2.05, 4.69) is 10.3 Å². The van der Waals surface area contributed by atoms with E-state index in [1.165, 1.54) is 4.90 Å². The lowest BCUT2D eigenvalue weighted by atomic mass is 10.1. The fourth-order valence-electron chi connectivity index (χ4n) is 2.38. The molecule has 5 nitrogen and oxygen atoms in total. The fraction of sp³-hybridized carbons (Fsp3) is 0.105. The van der Waals surface area contributed by atoms with E-state index in [1.54, 1.807) is 38.2 Å². The Bertz CT molecular complexity index is 854. The van der Waals surface area contributed by atoms with Gasteiger partial charge in [0.15, 0.2) is 0 Å². The maximum absolute atomic E-state index is 12.3. The number of nitrogens with one attached hydrogen (secondary N) is 1. The number of likely N-dealkylation sites (N-methyl/N-ethyl adjacent to an activating group) is 1. The molecular weight excluding hydrogens is 302 g/mol. The van der Waals surface area contributed by atoms with Gasteiger partial charge < -0.3 is 5.32 Å². The lowest BCUT2D eigenvalue weighted by molar-refractivity contribution is -0.121. The number of aliphatic imine (C=N–C) groups is 1. The van der Waals surface area contributed by atoms with Crippen LogP contribution in [0.2, 0.25) is 0 Å². The summed E-state index contributed by atoms with van der Waals surface area (Å²) in [6.45, 7) is 1.78. The second kappa shape index (κ2) is 6.50. The van der Waals surface area contributed by atoms with Crippen LogP contribution in [-0.2, 0) is 4.79 Å². The quantitative estimate of drug-likeness (QED) is 0.883. The third-order valence-electron chi connectivity index (χ3n) is 3.83. The van der Waals surface area contributed by atoms with Gasteiger partial charge in [0, 0.05) is 23.9 Å². The highest BCUT2D eigenvalue weighted by Crippen LogP contribution is 2.22. The predicted octanol–water partition coefficient (Wildman–Crippen LogP) is 3.17. The number of hydrogen-bond donors (Lipinski definition) is 1. The van der Waals surface area contributed by atoms with Crippen molar-refractivity contribution in [3.05, 3.63) is 71.4 Å². The summed E-state index contributed by atoms with van der Waals surface area (Å²) in [6, 6.07) is 16.3. The van der Waals surface area contributed by atoms with Crippen LogP contribution in [0.15, 0.2) is 65.3 Å². The van der Waals surface area contributed by atoms with Gasteiger partial charge in [0.25, 0.3) is 11.8 Å². The molecular formula is C19H17N3O2. The summed E-state index contributed by atoms with van der Waals surface area (Å²) in [4.78, 5) is 30.2. The monoisotopic (exact) mass is 319 g/mol. The van der Waals surface area contributed by atoms with Crippen LogP contribution in [0.4, 0.5) is 5.69 Å². The molecule has 24 heavy (non-hydrogen) atoms. The maximum atomic E-state index is 12.3. The SMILES string of the molecule is CC1=N/C(=C\c2ccccc2NC(=O)c2ccccc2)C(=O)N1C. The van der Waals surface area contributed by atoms with Crippen molar-refractivity contribution < 1.29 is 9.59 Å². The van der Waals surface area contributed by atoms with Crippen LogP contribution in [0.5, 0.6) is 0 Å². The molecule has 3 rings (SSSR count). The maximum Gasteiger partial charge on any atom is 0.277 e. The van der Waals surface area contributed by atoms with Gasteiger partial charge in [-0.1, -0.05) is 36.4 Å². The number of benzene rings is 2. The first-order valence-electron chi connectivity index (χ1n) is 7.57. The molecule has 0 spiro atoms. The lowest BCUT2D eigenvalue weighted by Crippen LogP contribution is -2.25. The zero-order chi connectivity index (χ0) is 17.1. The van der Waals surface area contributed by atoms with Gasteiger partial charge >= 0.3 is 0 Å². The third-order valence-corrected chi connectivity index (χ3v) is 3.83. The molecule has 2 aromatic rings. The number of hydrogen-bond acceptors (Lipinski definition) is 3. The largest absolute Gasteiger partial charge is 0.321 e. The Morgan fingerprint density at radius 3 is 2.42 bits per heavy atom. The zero-order valence-electron chi connectivity index (χ0n) is 13.5. The Morgan fingerprint density at radius 2 is 1.75 bits per heavy atom. The van der Waals surface area contributed by atoms with E-state index in [9.17, 15) is 9.59 Å². The van der Waals surface area contributed by atoms with E-state index in [0.717, 1.165) is 5.56 Å². The molecule has 0 saturated carbocycles. The smallest absolute Gasteiger partial charge is 0.277 e. The number of rotatable bonds is 3. The van der Waals surface area contributed by atoms with E-state index < -0.39 is 0 Å². The van der Waals surface area contributed by atoms with Crippen LogP contribution in [0.25, 0.3) is 6.08 Å². The average Bonchev–Trinajstić information content (AvgIpc) is 2.84. The van der Waals surface area contributed by atoms with Gasteiger partial charge in [-0.3, -0.25) is 14.5 Å². The van der Waals surface area contributed by atoms with Crippen LogP contribution in [0, 0.1) is 0 Å². The van der Waals surface area contributed by atoms with Gasteiger partial charge in [-0.2, -0.15) is 0 Å². The summed E-state index contributed by atoms with van der Waals surface area (Å²) in [5.74, 6) is 0.296. The molecule has 0 saturated heterocycles. The van der Waals surface area contributed by atoms with Gasteiger partial charge in [-0.05, 0) is 31.2 Å². The molecule has 1 N–H and O–H groups in total. The summed E-state index contributed by atoms with van der Waals surface area (Å²) in [6.07, 6.45) is 1.69. The average molecular weight is 319 g/mol. The van der Waals surface area contributed by atoms with Crippen molar-refractivity contribution in [1.29, 1.82) is 0 Å². The molecule has 1 heterocycles. The molecule has 0 atom stereocenters. The normalized spacial score (nSPS) is 15.6. The highest BCUT2D eigenvalue weighted by molar-refractivity contribution is 6.14. The van der Waals surface area contributed by atoms with Crippen molar-refractivity contribution in [2.75, 3.05) is 12.4 Å². The van der Waals surface area contributed by atoms with Crippen molar-refractivity contribution in [3.63, 3.8) is 0 Å². The minimum atomic E-state index is -0.198. The Kier molecular flexibility index (Phi) is 4.24. The van der Waals surface area contributed by atoms with Gasteiger partial charge in [0.2, 0.25) is 0 Å². The van der Waals surface area contributed by atoms with Crippen LogP contribution in [0.3, 0.4) is 0 Å². The van der Waals surface area contributed by atoms with Crippen molar-refractivity contribution >= 4 is 29.4 Å². The first kappa shape index (κ1) is 15.7. The molecule has 0 aromatic heterocycles. The van der Waals surface area contributed by atoms with E-state index >= 15 is 0 Å². The number of carbonyl (C=O) groups excluding carboxylic acids is 2. The molecule has 5 heteroatoms. The summed E-state index contributed by atoms with van der Waals surface area (Å²) >= 11 is 0. The standard InChI is InChI=1S/C19H17N3O2/c1-13-20-17(19(24)22(13)2)12-15-10-6-7-11-16(15)21-18(23)14-8-4-3-5-9-14/h3-12H,1-2H3,(H,21,23)/b17-12-. The number of carbonyl (C=O) groups is 2. The van der Waals surface area contributed by atoms with Crippen molar-refractivity contribution in [1.82, 2.24) is 4.90 Å². The van der Waals surface area contributed by atoms with Crippen molar-refractivity contribution in [2.24, 2.45) is 4.99 Å². The Hall–Kier alpha value is -3.21. The van der Waals surface area contributed by atoms with E-state index in [0.29, 0.717) is 22.8 Å². The second-order valence-corrected chi connectivity index (χ2v) is 5.46. The van der Waals surface area contributed by atoms with Crippen LogP contribution >= 0.6 is 0 Å². The predicted molar refractivity (Wildman–Crippen MR) is 94.7 cm³/mol. The summed E-state index contributed by atoms with van der Waals surface area (Å²) in [5, 5.41) is 2.88. The Labute approximate surface area is 140 Å². The Balaban J connectivity index is 1.90. The van der Waals surface area contributed by atoms with E-state index in [-0.39, 0.29) is 11.8 Å². The molecule has 1 aliphatic rings. The summed E-state index contributed by atoms with van der Waals surface area (Å²) in [5.41, 5.74) is 2.30. The fourth-order valence-corrected chi connectivity index (χ4v) is 2.38. The number of amidine groups is 1. The summed E-state index contributed by atoms with van der Waals surface area (Å²) < 4.78 is 0. The van der Waals surface area contributed by atoms with Crippen LogP contribution in [-0.4, -0.2) is 29.6 Å². The lowest BCUT2D eigenvalue weighted by Gasteiger charge is -2.09. The molecule has 0 bridgehead atoms. The first-order chi connectivity index (χ1) is 11.6. The number of anilines is 1. The second-order valence-electron chi connectivity index (χ2n) is 5.46. The number of nitrogens with zero attached hydrogens (tertiary/aromatic N) is 2. The zero-order valence-corrected chi connectivity index (χ0v) is 13.5. The van der Waals surface area contributed by atoms with Gasteiger partial charge in [0.1, 0.15) is 11.5 Å². The molecule has 0 radical (unpaired) electrons. The highest BCUT2D eigenvalue weighted by Gasteiger charge is 2.23. The van der Waals surface area contributed by atoms with Crippen LogP contribution in [0.1, 0.15) is 22.8 Å². The molecule has 120 valence electrons. The molecule has 2 amide bonds. The number of para-hydroxylation sites is 1. The highest BCUT2D eigenvalue weighted by atomic mass is 16.2. The summed E-state index contributed by atoms with van der Waals surface area (Å²) in [7, 11) is 1.69. The first-order valence-corrected chi connectivity index (χ1v) is 7.57. The third kappa shape index (κ3) is 3.10. The van der Waals surface area contributed by atoms with Gasteiger partial charge in [-0.15, -0.1) is 0 Å². The van der Waals surface area contributed by atoms with E-state index in [4.69, 9.17) is 0 Å².